The van der Waals surface area contributed by atoms with Crippen LogP contribution >= 0.6 is 0 Å². The molecule has 1 fully saturated rings. The SMILES string of the molecule is COc1ccc(CCNC(=O)N2CCN(C[C@H](C)O)CC2)cc1. The third-order valence-electron chi connectivity index (χ3n) is 4.03. The van der Waals surface area contributed by atoms with Crippen molar-refractivity contribution in [3.05, 3.63) is 29.8 Å². The predicted octanol–water partition coefficient (Wildman–Crippen LogP) is 0.946. The zero-order valence-electron chi connectivity index (χ0n) is 14.0. The van der Waals surface area contributed by atoms with E-state index in [4.69, 9.17) is 4.74 Å². The highest BCUT2D eigenvalue weighted by Gasteiger charge is 2.21. The summed E-state index contributed by atoms with van der Waals surface area (Å²) in [5.74, 6) is 0.841. The molecular weight excluding hydrogens is 294 g/mol. The van der Waals surface area contributed by atoms with Crippen LogP contribution in [0.15, 0.2) is 24.3 Å². The van der Waals surface area contributed by atoms with Gasteiger partial charge in [-0.25, -0.2) is 4.79 Å². The molecule has 6 nitrogen and oxygen atoms in total. The predicted molar refractivity (Wildman–Crippen MR) is 89.8 cm³/mol. The van der Waals surface area contributed by atoms with Crippen molar-refractivity contribution in [1.82, 2.24) is 15.1 Å². The van der Waals surface area contributed by atoms with E-state index in [-0.39, 0.29) is 12.1 Å². The van der Waals surface area contributed by atoms with Crippen molar-refractivity contribution in [2.75, 3.05) is 46.4 Å². The molecule has 0 aromatic heterocycles. The second kappa shape index (κ2) is 8.74. The van der Waals surface area contributed by atoms with Crippen molar-refractivity contribution in [3.8, 4) is 5.75 Å². The number of carbonyl (C=O) groups is 1. The number of benzene rings is 1. The zero-order chi connectivity index (χ0) is 16.7. The van der Waals surface area contributed by atoms with Crippen LogP contribution < -0.4 is 10.1 Å². The lowest BCUT2D eigenvalue weighted by Gasteiger charge is -2.35. The largest absolute Gasteiger partial charge is 0.497 e. The third kappa shape index (κ3) is 5.73. The molecule has 1 aromatic carbocycles. The number of aliphatic hydroxyl groups excluding tert-OH is 1. The first-order chi connectivity index (χ1) is 11.1. The van der Waals surface area contributed by atoms with Gasteiger partial charge in [0.1, 0.15) is 5.75 Å². The van der Waals surface area contributed by atoms with Crippen molar-refractivity contribution in [2.45, 2.75) is 19.4 Å². The molecule has 0 unspecified atom stereocenters. The van der Waals surface area contributed by atoms with Crippen LogP contribution in [0.4, 0.5) is 4.79 Å². The zero-order valence-corrected chi connectivity index (χ0v) is 14.0. The maximum absolute atomic E-state index is 12.1. The third-order valence-corrected chi connectivity index (χ3v) is 4.03. The molecule has 0 saturated carbocycles. The number of methoxy groups -OCH3 is 1. The minimum atomic E-state index is -0.320. The van der Waals surface area contributed by atoms with Crippen LogP contribution in [0.2, 0.25) is 0 Å². The number of carbonyl (C=O) groups excluding carboxylic acids is 1. The molecule has 6 heteroatoms. The Morgan fingerprint density at radius 3 is 2.48 bits per heavy atom. The highest BCUT2D eigenvalue weighted by molar-refractivity contribution is 5.74. The van der Waals surface area contributed by atoms with Gasteiger partial charge in [-0.3, -0.25) is 4.90 Å². The maximum Gasteiger partial charge on any atom is 0.317 e. The van der Waals surface area contributed by atoms with Gasteiger partial charge in [0.2, 0.25) is 0 Å². The number of amides is 2. The van der Waals surface area contributed by atoms with Crippen LogP contribution in [0.3, 0.4) is 0 Å². The van der Waals surface area contributed by atoms with Crippen LogP contribution in [0, 0.1) is 0 Å². The lowest BCUT2D eigenvalue weighted by atomic mass is 10.1. The number of ether oxygens (including phenoxy) is 1. The van der Waals surface area contributed by atoms with E-state index < -0.39 is 0 Å². The van der Waals surface area contributed by atoms with E-state index in [2.05, 4.69) is 10.2 Å². The van der Waals surface area contributed by atoms with Crippen LogP contribution in [0.5, 0.6) is 5.75 Å². The van der Waals surface area contributed by atoms with Gasteiger partial charge in [0.25, 0.3) is 0 Å². The van der Waals surface area contributed by atoms with E-state index in [1.807, 2.05) is 29.2 Å². The van der Waals surface area contributed by atoms with E-state index in [0.29, 0.717) is 26.2 Å². The molecule has 1 atom stereocenters. The van der Waals surface area contributed by atoms with E-state index in [1.54, 1.807) is 14.0 Å². The number of rotatable bonds is 6. The molecule has 23 heavy (non-hydrogen) atoms. The molecule has 2 N–H and O–H groups in total. The molecule has 128 valence electrons. The van der Waals surface area contributed by atoms with Crippen LogP contribution in [0.1, 0.15) is 12.5 Å². The average molecular weight is 321 g/mol. The highest BCUT2D eigenvalue weighted by atomic mass is 16.5. The summed E-state index contributed by atoms with van der Waals surface area (Å²) in [4.78, 5) is 16.2. The van der Waals surface area contributed by atoms with Gasteiger partial charge in [-0.05, 0) is 31.0 Å². The molecule has 1 aromatic rings. The van der Waals surface area contributed by atoms with E-state index in [1.165, 1.54) is 5.56 Å². The molecule has 0 bridgehead atoms. The molecule has 0 radical (unpaired) electrons. The topological polar surface area (TPSA) is 65.0 Å². The number of hydrogen-bond donors (Lipinski definition) is 2. The first-order valence-electron chi connectivity index (χ1n) is 8.14. The fraction of sp³-hybridized carbons (Fsp3) is 0.588. The Labute approximate surface area is 138 Å². The van der Waals surface area contributed by atoms with Gasteiger partial charge >= 0.3 is 6.03 Å². The van der Waals surface area contributed by atoms with Crippen LogP contribution in [0.25, 0.3) is 0 Å². The van der Waals surface area contributed by atoms with Gasteiger partial charge in [-0.1, -0.05) is 12.1 Å². The summed E-state index contributed by atoms with van der Waals surface area (Å²) in [5.41, 5.74) is 1.17. The Morgan fingerprint density at radius 2 is 1.91 bits per heavy atom. The Hall–Kier alpha value is -1.79. The van der Waals surface area contributed by atoms with Crippen LogP contribution in [-0.2, 0) is 6.42 Å². The number of β-amino-alcohol motifs (C(OH)–C–C–N with tert-alkyl or cyclic N) is 1. The minimum absolute atomic E-state index is 0.00444. The Morgan fingerprint density at radius 1 is 1.26 bits per heavy atom. The number of aliphatic hydroxyl groups is 1. The minimum Gasteiger partial charge on any atom is -0.497 e. The normalized spacial score (nSPS) is 16.9. The number of urea groups is 1. The first kappa shape index (κ1) is 17.6. The molecule has 2 amide bonds. The second-order valence-electron chi connectivity index (χ2n) is 5.97. The Kier molecular flexibility index (Phi) is 6.67. The smallest absolute Gasteiger partial charge is 0.317 e. The van der Waals surface area contributed by atoms with Crippen molar-refractivity contribution in [1.29, 1.82) is 0 Å². The van der Waals surface area contributed by atoms with Crippen molar-refractivity contribution < 1.29 is 14.6 Å². The van der Waals surface area contributed by atoms with Crippen molar-refractivity contribution >= 4 is 6.03 Å². The molecule has 2 rings (SSSR count). The lowest BCUT2D eigenvalue weighted by molar-refractivity contribution is 0.0898. The lowest BCUT2D eigenvalue weighted by Crippen LogP contribution is -2.53. The van der Waals surface area contributed by atoms with E-state index in [9.17, 15) is 9.90 Å². The standard InChI is InChI=1S/C17H27N3O3/c1-14(21)13-19-9-11-20(12-10-19)17(22)18-8-7-15-3-5-16(23-2)6-4-15/h3-6,14,21H,7-13H2,1-2H3,(H,18,22)/t14-/m0/s1. The Bertz CT molecular complexity index is 482. The summed E-state index contributed by atoms with van der Waals surface area (Å²) in [6.45, 7) is 6.14. The molecule has 0 spiro atoms. The summed E-state index contributed by atoms with van der Waals surface area (Å²) in [6, 6.07) is 7.88. The quantitative estimate of drug-likeness (QED) is 0.819. The Balaban J connectivity index is 1.67. The van der Waals surface area contributed by atoms with Gasteiger partial charge in [-0.15, -0.1) is 0 Å². The number of nitrogens with zero attached hydrogens (tertiary/aromatic N) is 2. The highest BCUT2D eigenvalue weighted by Crippen LogP contribution is 2.11. The first-order valence-corrected chi connectivity index (χ1v) is 8.14. The van der Waals surface area contributed by atoms with Crippen LogP contribution in [-0.4, -0.2) is 73.4 Å². The van der Waals surface area contributed by atoms with E-state index >= 15 is 0 Å². The number of nitrogens with one attached hydrogen (secondary N) is 1. The molecule has 1 saturated heterocycles. The molecular formula is C17H27N3O3. The molecule has 1 heterocycles. The summed E-state index contributed by atoms with van der Waals surface area (Å²) in [6.07, 6.45) is 0.484. The fourth-order valence-corrected chi connectivity index (χ4v) is 2.72. The van der Waals surface area contributed by atoms with Gasteiger partial charge in [0, 0.05) is 39.3 Å². The summed E-state index contributed by atoms with van der Waals surface area (Å²) in [5, 5.41) is 12.4. The molecule has 1 aliphatic heterocycles. The summed E-state index contributed by atoms with van der Waals surface area (Å²) in [7, 11) is 1.65. The fourth-order valence-electron chi connectivity index (χ4n) is 2.72. The van der Waals surface area contributed by atoms with Gasteiger partial charge in [0.15, 0.2) is 0 Å². The van der Waals surface area contributed by atoms with Crippen molar-refractivity contribution in [2.24, 2.45) is 0 Å². The monoisotopic (exact) mass is 321 g/mol. The number of hydrogen-bond acceptors (Lipinski definition) is 4. The summed E-state index contributed by atoms with van der Waals surface area (Å²) >= 11 is 0. The number of piperazine rings is 1. The second-order valence-corrected chi connectivity index (χ2v) is 5.97. The molecule has 0 aliphatic carbocycles. The summed E-state index contributed by atoms with van der Waals surface area (Å²) < 4.78 is 5.13. The van der Waals surface area contributed by atoms with Crippen molar-refractivity contribution in [3.63, 3.8) is 0 Å². The molecule has 1 aliphatic rings. The van der Waals surface area contributed by atoms with Gasteiger partial charge in [0.05, 0.1) is 13.2 Å². The van der Waals surface area contributed by atoms with Gasteiger partial charge in [-0.2, -0.15) is 0 Å². The van der Waals surface area contributed by atoms with E-state index in [0.717, 1.165) is 25.3 Å². The average Bonchev–Trinajstić information content (AvgIpc) is 2.55. The van der Waals surface area contributed by atoms with Gasteiger partial charge < -0.3 is 20.1 Å². The maximum atomic E-state index is 12.1.